The molecule has 0 aromatic rings. The molecule has 0 aromatic heterocycles. The number of carbonyl (C=O) groups is 1. The zero-order chi connectivity index (χ0) is 15.0. The van der Waals surface area contributed by atoms with Crippen molar-refractivity contribution in [2.75, 3.05) is 19.6 Å². The summed E-state index contributed by atoms with van der Waals surface area (Å²) in [6, 6.07) is 0. The lowest BCUT2D eigenvalue weighted by molar-refractivity contribution is -0.131. The first-order valence-electron chi connectivity index (χ1n) is 8.95. The maximum atomic E-state index is 12.4. The third-order valence-corrected chi connectivity index (χ3v) is 6.39. The fraction of sp³-hybridized carbons (Fsp3) is 0.944. The van der Waals surface area contributed by atoms with E-state index >= 15 is 0 Å². The van der Waals surface area contributed by atoms with Crippen LogP contribution in [0.15, 0.2) is 0 Å². The van der Waals surface area contributed by atoms with Crippen LogP contribution in [-0.2, 0) is 4.79 Å². The highest BCUT2D eigenvalue weighted by atomic mass is 16.3. The van der Waals surface area contributed by atoms with Gasteiger partial charge in [0.1, 0.15) is 5.78 Å². The average Bonchev–Trinajstić information content (AvgIpc) is 2.42. The topological polar surface area (TPSA) is 40.5 Å². The van der Waals surface area contributed by atoms with Crippen LogP contribution in [0.2, 0.25) is 0 Å². The molecule has 1 heterocycles. The van der Waals surface area contributed by atoms with Gasteiger partial charge in [0.2, 0.25) is 0 Å². The number of rotatable bonds is 2. The van der Waals surface area contributed by atoms with E-state index in [0.29, 0.717) is 23.5 Å². The number of nitrogens with zero attached hydrogens (tertiary/aromatic N) is 1. The molecule has 3 aliphatic rings. The van der Waals surface area contributed by atoms with Crippen LogP contribution in [0.25, 0.3) is 0 Å². The van der Waals surface area contributed by atoms with Crippen molar-refractivity contribution in [3.05, 3.63) is 0 Å². The molecule has 2 saturated carbocycles. The molecule has 5 atom stereocenters. The number of hydrogen-bond acceptors (Lipinski definition) is 3. The quantitative estimate of drug-likeness (QED) is 0.851. The summed E-state index contributed by atoms with van der Waals surface area (Å²) in [6.07, 6.45) is 7.47. The molecule has 3 fully saturated rings. The summed E-state index contributed by atoms with van der Waals surface area (Å²) < 4.78 is 0. The number of Topliss-reactive ketones (excluding diaryl/α,β-unsaturated/α-hetero) is 1. The molecule has 3 heteroatoms. The van der Waals surface area contributed by atoms with E-state index in [1.807, 2.05) is 0 Å². The number of likely N-dealkylation sites (tertiary alicyclic amines) is 1. The van der Waals surface area contributed by atoms with Gasteiger partial charge in [-0.1, -0.05) is 26.7 Å². The van der Waals surface area contributed by atoms with Crippen LogP contribution in [0.3, 0.4) is 0 Å². The molecule has 0 radical (unpaired) electrons. The Bertz CT molecular complexity index is 397. The number of piperidine rings is 1. The number of ketones is 1. The third-order valence-electron chi connectivity index (χ3n) is 6.39. The lowest BCUT2D eigenvalue weighted by Gasteiger charge is -2.48. The predicted octanol–water partition coefficient (Wildman–Crippen LogP) is 2.86. The third kappa shape index (κ3) is 3.19. The van der Waals surface area contributed by atoms with Crippen molar-refractivity contribution in [3.8, 4) is 0 Å². The Morgan fingerprint density at radius 3 is 2.86 bits per heavy atom. The zero-order valence-corrected chi connectivity index (χ0v) is 13.7. The second kappa shape index (κ2) is 6.00. The van der Waals surface area contributed by atoms with Crippen LogP contribution in [0, 0.1) is 23.7 Å². The molecule has 1 saturated heterocycles. The van der Waals surface area contributed by atoms with Crippen molar-refractivity contribution in [3.63, 3.8) is 0 Å². The van der Waals surface area contributed by atoms with Crippen molar-refractivity contribution in [2.45, 2.75) is 64.4 Å². The highest BCUT2D eigenvalue weighted by Crippen LogP contribution is 2.40. The summed E-state index contributed by atoms with van der Waals surface area (Å²) in [5.41, 5.74) is -0.397. The zero-order valence-electron chi connectivity index (χ0n) is 13.7. The minimum absolute atomic E-state index is 0.232. The molecule has 1 N–H and O–H groups in total. The lowest BCUT2D eigenvalue weighted by atomic mass is 9.70. The van der Waals surface area contributed by atoms with Crippen LogP contribution >= 0.6 is 0 Å². The van der Waals surface area contributed by atoms with Gasteiger partial charge in [-0.25, -0.2) is 0 Å². The molecular weight excluding hydrogens is 262 g/mol. The van der Waals surface area contributed by atoms with E-state index < -0.39 is 5.60 Å². The van der Waals surface area contributed by atoms with Gasteiger partial charge in [0.25, 0.3) is 0 Å². The Balaban J connectivity index is 1.60. The van der Waals surface area contributed by atoms with Gasteiger partial charge in [-0.05, 0) is 37.5 Å². The molecule has 3 nitrogen and oxygen atoms in total. The van der Waals surface area contributed by atoms with Gasteiger partial charge in [0.05, 0.1) is 5.60 Å². The Hall–Kier alpha value is -0.410. The van der Waals surface area contributed by atoms with Gasteiger partial charge in [-0.15, -0.1) is 0 Å². The minimum atomic E-state index is -0.397. The number of hydrogen-bond donors (Lipinski definition) is 1. The summed E-state index contributed by atoms with van der Waals surface area (Å²) in [6.45, 7) is 7.35. The van der Waals surface area contributed by atoms with Crippen LogP contribution in [-0.4, -0.2) is 41.0 Å². The SMILES string of the molecule is CC1CC(=O)C(CN2CCC3(O)CCCCC3C2)C(C)C1. The van der Waals surface area contributed by atoms with E-state index in [2.05, 4.69) is 18.7 Å². The molecule has 2 aliphatic carbocycles. The minimum Gasteiger partial charge on any atom is -0.390 e. The van der Waals surface area contributed by atoms with E-state index in [9.17, 15) is 9.90 Å². The second-order valence-corrected chi connectivity index (χ2v) is 8.15. The monoisotopic (exact) mass is 293 g/mol. The standard InChI is InChI=1S/C18H31NO2/c1-13-9-14(2)16(17(20)10-13)12-19-8-7-18(21)6-4-3-5-15(18)11-19/h13-16,21H,3-12H2,1-2H3. The summed E-state index contributed by atoms with van der Waals surface area (Å²) in [4.78, 5) is 14.8. The first-order valence-corrected chi connectivity index (χ1v) is 8.95. The normalized spacial score (nSPS) is 45.4. The van der Waals surface area contributed by atoms with Crippen molar-refractivity contribution < 1.29 is 9.90 Å². The fourth-order valence-electron chi connectivity index (χ4n) is 5.06. The molecular formula is C18H31NO2. The number of carbonyl (C=O) groups excluding carboxylic acids is 1. The van der Waals surface area contributed by atoms with E-state index in [0.717, 1.165) is 45.3 Å². The fourth-order valence-corrected chi connectivity index (χ4v) is 5.06. The second-order valence-electron chi connectivity index (χ2n) is 8.15. The highest BCUT2D eigenvalue weighted by Gasteiger charge is 2.43. The molecule has 5 unspecified atom stereocenters. The summed E-state index contributed by atoms with van der Waals surface area (Å²) in [7, 11) is 0. The first-order chi connectivity index (χ1) is 9.98. The van der Waals surface area contributed by atoms with Gasteiger partial charge in [0, 0.05) is 37.9 Å². The van der Waals surface area contributed by atoms with Crippen LogP contribution in [0.1, 0.15) is 58.8 Å². The van der Waals surface area contributed by atoms with Crippen LogP contribution in [0.4, 0.5) is 0 Å². The summed E-state index contributed by atoms with van der Waals surface area (Å²) in [5, 5.41) is 10.8. The van der Waals surface area contributed by atoms with Gasteiger partial charge in [0.15, 0.2) is 0 Å². The number of fused-ring (bicyclic) bond motifs is 1. The van der Waals surface area contributed by atoms with E-state index in [4.69, 9.17) is 0 Å². The van der Waals surface area contributed by atoms with E-state index in [1.54, 1.807) is 0 Å². The maximum Gasteiger partial charge on any atom is 0.137 e. The van der Waals surface area contributed by atoms with Crippen molar-refractivity contribution >= 4 is 5.78 Å². The summed E-state index contributed by atoms with van der Waals surface area (Å²) in [5.74, 6) is 2.23. The lowest BCUT2D eigenvalue weighted by Crippen LogP contribution is -2.55. The van der Waals surface area contributed by atoms with Gasteiger partial charge in [-0.2, -0.15) is 0 Å². The molecule has 1 aliphatic heterocycles. The Labute approximate surface area is 129 Å². The van der Waals surface area contributed by atoms with E-state index in [1.165, 1.54) is 19.3 Å². The molecule has 0 spiro atoms. The number of aliphatic hydroxyl groups is 1. The molecule has 120 valence electrons. The largest absolute Gasteiger partial charge is 0.390 e. The van der Waals surface area contributed by atoms with Gasteiger partial charge >= 0.3 is 0 Å². The van der Waals surface area contributed by atoms with Crippen LogP contribution in [0.5, 0.6) is 0 Å². The van der Waals surface area contributed by atoms with E-state index in [-0.39, 0.29) is 5.92 Å². The summed E-state index contributed by atoms with van der Waals surface area (Å²) >= 11 is 0. The maximum absolute atomic E-state index is 12.4. The molecule has 3 rings (SSSR count). The van der Waals surface area contributed by atoms with Crippen molar-refractivity contribution in [1.82, 2.24) is 4.90 Å². The Morgan fingerprint density at radius 2 is 2.10 bits per heavy atom. The molecule has 0 aromatic carbocycles. The Morgan fingerprint density at radius 1 is 1.29 bits per heavy atom. The van der Waals surface area contributed by atoms with Crippen molar-refractivity contribution in [2.24, 2.45) is 23.7 Å². The van der Waals surface area contributed by atoms with Gasteiger partial charge < -0.3 is 10.0 Å². The molecule has 0 bridgehead atoms. The van der Waals surface area contributed by atoms with Crippen LogP contribution < -0.4 is 0 Å². The van der Waals surface area contributed by atoms with Gasteiger partial charge in [-0.3, -0.25) is 4.79 Å². The highest BCUT2D eigenvalue weighted by molar-refractivity contribution is 5.82. The smallest absolute Gasteiger partial charge is 0.137 e. The first kappa shape index (κ1) is 15.5. The molecule has 21 heavy (non-hydrogen) atoms. The molecule has 0 amide bonds. The average molecular weight is 293 g/mol. The van der Waals surface area contributed by atoms with Crippen molar-refractivity contribution in [1.29, 1.82) is 0 Å². The Kier molecular flexibility index (Phi) is 4.42. The predicted molar refractivity (Wildman–Crippen MR) is 84.0 cm³/mol.